The molecule has 1 aliphatic rings. The van der Waals surface area contributed by atoms with Crippen molar-refractivity contribution in [3.05, 3.63) is 35.1 Å². The quantitative estimate of drug-likeness (QED) is 0.931. The van der Waals surface area contributed by atoms with Crippen LogP contribution in [0.25, 0.3) is 0 Å². The van der Waals surface area contributed by atoms with Crippen LogP contribution in [0.15, 0.2) is 18.2 Å². The average Bonchev–Trinajstić information content (AvgIpc) is 2.38. The summed E-state index contributed by atoms with van der Waals surface area (Å²) in [6.07, 6.45) is 0.333. The molecule has 1 aliphatic heterocycles. The summed E-state index contributed by atoms with van der Waals surface area (Å²) < 4.78 is 14.0. The van der Waals surface area contributed by atoms with Crippen molar-refractivity contribution in [2.24, 2.45) is 0 Å². The number of hydrogen-bond donors (Lipinski definition) is 1. The van der Waals surface area contributed by atoms with E-state index in [2.05, 4.69) is 16.3 Å². The van der Waals surface area contributed by atoms with Crippen LogP contribution in [0.2, 0.25) is 0 Å². The van der Waals surface area contributed by atoms with Crippen LogP contribution in [-0.2, 0) is 0 Å². The molecular formula is C14H20Cl2FN3. The maximum absolute atomic E-state index is 14.0. The van der Waals surface area contributed by atoms with Gasteiger partial charge in [-0.1, -0.05) is 12.1 Å². The molecule has 0 spiro atoms. The second-order valence-electron chi connectivity index (χ2n) is 4.69. The van der Waals surface area contributed by atoms with Crippen LogP contribution in [-0.4, -0.2) is 31.1 Å². The van der Waals surface area contributed by atoms with Crippen LogP contribution in [0.3, 0.4) is 0 Å². The third kappa shape index (κ3) is 4.60. The topological polar surface area (TPSA) is 39.1 Å². The van der Waals surface area contributed by atoms with Crippen molar-refractivity contribution >= 4 is 24.8 Å². The molecule has 0 aliphatic carbocycles. The van der Waals surface area contributed by atoms with Gasteiger partial charge in [-0.25, -0.2) is 4.39 Å². The van der Waals surface area contributed by atoms with Gasteiger partial charge in [-0.15, -0.1) is 24.8 Å². The first-order chi connectivity index (χ1) is 8.72. The van der Waals surface area contributed by atoms with Gasteiger partial charge in [0, 0.05) is 31.7 Å². The Balaban J connectivity index is 0.00000180. The lowest BCUT2D eigenvalue weighted by atomic mass is 10.00. The van der Waals surface area contributed by atoms with Crippen molar-refractivity contribution in [2.45, 2.75) is 19.4 Å². The van der Waals surface area contributed by atoms with E-state index in [1.807, 2.05) is 19.1 Å². The normalized spacial score (nSPS) is 16.4. The first-order valence-corrected chi connectivity index (χ1v) is 6.30. The largest absolute Gasteiger partial charge is 0.314 e. The summed E-state index contributed by atoms with van der Waals surface area (Å²) in [5, 5.41) is 12.2. The van der Waals surface area contributed by atoms with E-state index in [1.165, 1.54) is 0 Å². The number of halogens is 3. The van der Waals surface area contributed by atoms with Gasteiger partial charge in [-0.05, 0) is 18.6 Å². The number of piperazine rings is 1. The molecule has 1 aromatic carbocycles. The summed E-state index contributed by atoms with van der Waals surface area (Å²) in [4.78, 5) is 2.19. The predicted molar refractivity (Wildman–Crippen MR) is 83.0 cm³/mol. The molecule has 0 aromatic heterocycles. The van der Waals surface area contributed by atoms with Crippen LogP contribution in [0, 0.1) is 24.1 Å². The molecule has 0 saturated carbocycles. The Bertz CT molecular complexity index is 456. The Hall–Kier alpha value is -0.860. The van der Waals surface area contributed by atoms with E-state index in [9.17, 15) is 4.39 Å². The zero-order valence-electron chi connectivity index (χ0n) is 11.4. The van der Waals surface area contributed by atoms with E-state index in [-0.39, 0.29) is 36.7 Å². The van der Waals surface area contributed by atoms with E-state index in [4.69, 9.17) is 5.26 Å². The van der Waals surface area contributed by atoms with E-state index < -0.39 is 0 Å². The third-order valence-electron chi connectivity index (χ3n) is 3.39. The highest BCUT2D eigenvalue weighted by atomic mass is 35.5. The van der Waals surface area contributed by atoms with Gasteiger partial charge in [0.15, 0.2) is 0 Å². The highest BCUT2D eigenvalue weighted by Crippen LogP contribution is 2.27. The first-order valence-electron chi connectivity index (χ1n) is 6.30. The second-order valence-corrected chi connectivity index (χ2v) is 4.69. The van der Waals surface area contributed by atoms with E-state index in [0.29, 0.717) is 12.0 Å². The summed E-state index contributed by atoms with van der Waals surface area (Å²) in [6.45, 7) is 5.39. The Morgan fingerprint density at radius 1 is 1.35 bits per heavy atom. The number of nitrogens with zero attached hydrogens (tertiary/aromatic N) is 2. The van der Waals surface area contributed by atoms with Crippen LogP contribution < -0.4 is 5.32 Å². The van der Waals surface area contributed by atoms with Gasteiger partial charge in [0.2, 0.25) is 0 Å². The smallest absolute Gasteiger partial charge is 0.128 e. The van der Waals surface area contributed by atoms with E-state index >= 15 is 0 Å². The summed E-state index contributed by atoms with van der Waals surface area (Å²) >= 11 is 0. The van der Waals surface area contributed by atoms with Gasteiger partial charge in [0.1, 0.15) is 5.82 Å². The van der Waals surface area contributed by atoms with Crippen LogP contribution in [0.4, 0.5) is 4.39 Å². The molecule has 1 aromatic rings. The van der Waals surface area contributed by atoms with Crippen LogP contribution >= 0.6 is 24.8 Å². The minimum Gasteiger partial charge on any atom is -0.314 e. The minimum atomic E-state index is -0.200. The molecule has 6 heteroatoms. The highest BCUT2D eigenvalue weighted by Gasteiger charge is 2.24. The molecule has 1 N–H and O–H groups in total. The molecular weight excluding hydrogens is 300 g/mol. The fraction of sp³-hybridized carbons (Fsp3) is 0.500. The maximum Gasteiger partial charge on any atom is 0.128 e. The van der Waals surface area contributed by atoms with Crippen molar-refractivity contribution in [3.8, 4) is 6.07 Å². The fourth-order valence-corrected chi connectivity index (χ4v) is 2.42. The second kappa shape index (κ2) is 9.15. The Morgan fingerprint density at radius 2 is 2.00 bits per heavy atom. The fourth-order valence-electron chi connectivity index (χ4n) is 2.42. The van der Waals surface area contributed by atoms with Gasteiger partial charge in [0.25, 0.3) is 0 Å². The standard InChI is InChI=1S/C14H18FN3.2ClH/c1-11-2-3-12(13(15)10-11)14(4-5-16)18-8-6-17-7-9-18;;/h2-3,10,14,17H,4,6-9H2,1H3;2*1H/t14-;;/m0../s1. The number of nitrogens with one attached hydrogen (secondary N) is 1. The molecule has 3 nitrogen and oxygen atoms in total. The average molecular weight is 320 g/mol. The molecule has 20 heavy (non-hydrogen) atoms. The molecule has 0 amide bonds. The van der Waals surface area contributed by atoms with E-state index in [1.54, 1.807) is 6.07 Å². The maximum atomic E-state index is 14.0. The molecule has 1 atom stereocenters. The van der Waals surface area contributed by atoms with Crippen molar-refractivity contribution in [1.29, 1.82) is 5.26 Å². The highest BCUT2D eigenvalue weighted by molar-refractivity contribution is 5.85. The SMILES string of the molecule is Cc1ccc([C@H](CC#N)N2CCNCC2)c(F)c1.Cl.Cl. The zero-order valence-corrected chi connectivity index (χ0v) is 13.1. The number of aryl methyl sites for hydroxylation is 1. The molecule has 0 radical (unpaired) electrons. The predicted octanol–water partition coefficient (Wildman–Crippen LogP) is 2.84. The number of hydrogen-bond acceptors (Lipinski definition) is 3. The molecule has 1 fully saturated rings. The van der Waals surface area contributed by atoms with Gasteiger partial charge < -0.3 is 5.32 Å². The van der Waals surface area contributed by atoms with Crippen LogP contribution in [0.1, 0.15) is 23.6 Å². The zero-order chi connectivity index (χ0) is 13.0. The van der Waals surface area contributed by atoms with Crippen molar-refractivity contribution in [2.75, 3.05) is 26.2 Å². The van der Waals surface area contributed by atoms with Gasteiger partial charge in [-0.2, -0.15) is 5.26 Å². The molecule has 1 heterocycles. The Morgan fingerprint density at radius 3 is 2.55 bits per heavy atom. The lowest BCUT2D eigenvalue weighted by Gasteiger charge is -2.34. The minimum absolute atomic E-state index is 0. The van der Waals surface area contributed by atoms with Crippen molar-refractivity contribution < 1.29 is 4.39 Å². The molecule has 0 unspecified atom stereocenters. The monoisotopic (exact) mass is 319 g/mol. The van der Waals surface area contributed by atoms with Gasteiger partial charge in [-0.3, -0.25) is 4.90 Å². The lowest BCUT2D eigenvalue weighted by Crippen LogP contribution is -2.45. The van der Waals surface area contributed by atoms with E-state index in [0.717, 1.165) is 31.7 Å². The van der Waals surface area contributed by atoms with Crippen molar-refractivity contribution in [3.63, 3.8) is 0 Å². The summed E-state index contributed by atoms with van der Waals surface area (Å²) in [7, 11) is 0. The Labute approximate surface area is 132 Å². The van der Waals surface area contributed by atoms with Crippen LogP contribution in [0.5, 0.6) is 0 Å². The molecule has 0 bridgehead atoms. The molecule has 112 valence electrons. The third-order valence-corrected chi connectivity index (χ3v) is 3.39. The molecule has 2 rings (SSSR count). The Kier molecular flexibility index (Phi) is 8.75. The lowest BCUT2D eigenvalue weighted by molar-refractivity contribution is 0.172. The number of rotatable bonds is 3. The van der Waals surface area contributed by atoms with Gasteiger partial charge in [0.05, 0.1) is 18.5 Å². The van der Waals surface area contributed by atoms with Crippen molar-refractivity contribution in [1.82, 2.24) is 10.2 Å². The number of benzene rings is 1. The summed E-state index contributed by atoms with van der Waals surface area (Å²) in [6, 6.07) is 7.32. The molecule has 1 saturated heterocycles. The first kappa shape index (κ1) is 19.1. The summed E-state index contributed by atoms with van der Waals surface area (Å²) in [5.74, 6) is -0.200. The van der Waals surface area contributed by atoms with Gasteiger partial charge >= 0.3 is 0 Å². The summed E-state index contributed by atoms with van der Waals surface area (Å²) in [5.41, 5.74) is 1.55. The number of nitriles is 1.